The SMILES string of the molecule is COc1cc2oc(=O)ccc2c(OC)c1C[C@@H](O)C[C@@H](O)C(C)(C)O. The van der Waals surface area contributed by atoms with Gasteiger partial charge in [0, 0.05) is 30.5 Å². The summed E-state index contributed by atoms with van der Waals surface area (Å²) in [6.07, 6.45) is -1.90. The number of rotatable bonds is 7. The van der Waals surface area contributed by atoms with Gasteiger partial charge in [-0.25, -0.2) is 4.79 Å². The minimum absolute atomic E-state index is 0.0162. The summed E-state index contributed by atoms with van der Waals surface area (Å²) in [4.78, 5) is 11.4. The Morgan fingerprint density at radius 2 is 1.88 bits per heavy atom. The molecular weight excluding hydrogens is 328 g/mol. The van der Waals surface area contributed by atoms with E-state index in [1.807, 2.05) is 0 Å². The van der Waals surface area contributed by atoms with E-state index in [1.54, 1.807) is 12.1 Å². The van der Waals surface area contributed by atoms with Crippen LogP contribution in [0.25, 0.3) is 11.0 Å². The molecule has 1 aromatic carbocycles. The average molecular weight is 352 g/mol. The lowest BCUT2D eigenvalue weighted by molar-refractivity contribution is -0.0676. The van der Waals surface area contributed by atoms with Gasteiger partial charge in [0.2, 0.25) is 0 Å². The van der Waals surface area contributed by atoms with Crippen LogP contribution in [0.2, 0.25) is 0 Å². The van der Waals surface area contributed by atoms with Crippen LogP contribution in [0.1, 0.15) is 25.8 Å². The normalized spacial score (nSPS) is 14.4. The maximum absolute atomic E-state index is 11.4. The lowest BCUT2D eigenvalue weighted by atomic mass is 9.93. The highest BCUT2D eigenvalue weighted by Gasteiger charge is 2.28. The molecule has 3 N–H and O–H groups in total. The lowest BCUT2D eigenvalue weighted by Crippen LogP contribution is -2.38. The fraction of sp³-hybridized carbons (Fsp3) is 0.500. The van der Waals surface area contributed by atoms with Crippen molar-refractivity contribution in [2.75, 3.05) is 14.2 Å². The van der Waals surface area contributed by atoms with Crippen molar-refractivity contribution in [3.05, 3.63) is 34.2 Å². The van der Waals surface area contributed by atoms with Crippen molar-refractivity contribution < 1.29 is 29.2 Å². The predicted molar refractivity (Wildman–Crippen MR) is 92.2 cm³/mol. The first-order valence-electron chi connectivity index (χ1n) is 7.93. The fourth-order valence-electron chi connectivity index (χ4n) is 2.68. The van der Waals surface area contributed by atoms with E-state index in [-0.39, 0.29) is 12.8 Å². The first kappa shape index (κ1) is 19.2. The highest BCUT2D eigenvalue weighted by Crippen LogP contribution is 2.37. The Kier molecular flexibility index (Phi) is 5.72. The van der Waals surface area contributed by atoms with Gasteiger partial charge in [-0.05, 0) is 19.9 Å². The smallest absolute Gasteiger partial charge is 0.336 e. The molecule has 1 heterocycles. The number of hydrogen-bond acceptors (Lipinski definition) is 7. The molecule has 0 aliphatic carbocycles. The summed E-state index contributed by atoms with van der Waals surface area (Å²) in [7, 11) is 2.93. The van der Waals surface area contributed by atoms with Crippen molar-refractivity contribution in [2.24, 2.45) is 0 Å². The molecule has 0 fully saturated rings. The monoisotopic (exact) mass is 352 g/mol. The average Bonchev–Trinajstić information content (AvgIpc) is 2.53. The van der Waals surface area contributed by atoms with Crippen LogP contribution in [0.5, 0.6) is 11.5 Å². The number of ether oxygens (including phenoxy) is 2. The molecule has 2 rings (SSSR count). The van der Waals surface area contributed by atoms with Crippen molar-refractivity contribution in [2.45, 2.75) is 44.5 Å². The fourth-order valence-corrected chi connectivity index (χ4v) is 2.68. The summed E-state index contributed by atoms with van der Waals surface area (Å²) in [5.41, 5.74) is -0.905. The Hall–Kier alpha value is -2.09. The van der Waals surface area contributed by atoms with E-state index in [1.165, 1.54) is 34.1 Å². The Morgan fingerprint density at radius 1 is 1.20 bits per heavy atom. The first-order valence-corrected chi connectivity index (χ1v) is 7.93. The summed E-state index contributed by atoms with van der Waals surface area (Å²) in [6, 6.07) is 4.43. The topological polar surface area (TPSA) is 109 Å². The lowest BCUT2D eigenvalue weighted by Gasteiger charge is -2.27. The van der Waals surface area contributed by atoms with Gasteiger partial charge in [-0.1, -0.05) is 0 Å². The van der Waals surface area contributed by atoms with E-state index in [9.17, 15) is 20.1 Å². The van der Waals surface area contributed by atoms with Gasteiger partial charge in [0.15, 0.2) is 0 Å². The van der Waals surface area contributed by atoms with Crippen LogP contribution in [0.4, 0.5) is 0 Å². The maximum atomic E-state index is 11.4. The van der Waals surface area contributed by atoms with Crippen molar-refractivity contribution in [1.29, 1.82) is 0 Å². The number of benzene rings is 1. The van der Waals surface area contributed by atoms with Crippen LogP contribution < -0.4 is 15.1 Å². The number of hydrogen-bond donors (Lipinski definition) is 3. The Labute approximate surface area is 145 Å². The molecule has 0 saturated heterocycles. The molecule has 1 aromatic heterocycles. The molecule has 7 heteroatoms. The van der Waals surface area contributed by atoms with E-state index in [0.717, 1.165) is 0 Å². The zero-order valence-electron chi connectivity index (χ0n) is 14.8. The van der Waals surface area contributed by atoms with Crippen molar-refractivity contribution in [1.82, 2.24) is 0 Å². The summed E-state index contributed by atoms with van der Waals surface area (Å²) in [5.74, 6) is 0.824. The molecule has 0 unspecified atom stereocenters. The molecule has 0 saturated carbocycles. The summed E-state index contributed by atoms with van der Waals surface area (Å²) < 4.78 is 16.0. The third-order valence-corrected chi connectivity index (χ3v) is 4.12. The zero-order valence-corrected chi connectivity index (χ0v) is 14.8. The molecule has 138 valence electrons. The van der Waals surface area contributed by atoms with E-state index in [2.05, 4.69) is 0 Å². The van der Waals surface area contributed by atoms with Crippen molar-refractivity contribution in [3.63, 3.8) is 0 Å². The third kappa shape index (κ3) is 4.31. The molecule has 2 atom stereocenters. The molecule has 0 aliphatic heterocycles. The van der Waals surface area contributed by atoms with Gasteiger partial charge in [0.05, 0.1) is 37.4 Å². The molecule has 25 heavy (non-hydrogen) atoms. The van der Waals surface area contributed by atoms with E-state index >= 15 is 0 Å². The minimum Gasteiger partial charge on any atom is -0.496 e. The van der Waals surface area contributed by atoms with Crippen LogP contribution in [-0.4, -0.2) is 47.3 Å². The van der Waals surface area contributed by atoms with E-state index < -0.39 is 23.4 Å². The summed E-state index contributed by atoms with van der Waals surface area (Å²) in [5, 5.41) is 30.7. The first-order chi connectivity index (χ1) is 11.7. The molecule has 7 nitrogen and oxygen atoms in total. The van der Waals surface area contributed by atoms with Crippen molar-refractivity contribution in [3.8, 4) is 11.5 Å². The minimum atomic E-state index is -1.32. The molecule has 0 radical (unpaired) electrons. The molecule has 0 bridgehead atoms. The summed E-state index contributed by atoms with van der Waals surface area (Å²) >= 11 is 0. The molecule has 0 aliphatic rings. The molecular formula is C18H24O7. The quantitative estimate of drug-likeness (QED) is 0.643. The van der Waals surface area contributed by atoms with Gasteiger partial charge in [0.25, 0.3) is 0 Å². The van der Waals surface area contributed by atoms with Gasteiger partial charge < -0.3 is 29.2 Å². The van der Waals surface area contributed by atoms with Gasteiger partial charge in [-0.2, -0.15) is 0 Å². The van der Waals surface area contributed by atoms with E-state index in [0.29, 0.717) is 28.0 Å². The number of aliphatic hydroxyl groups is 3. The van der Waals surface area contributed by atoms with Gasteiger partial charge in [-0.15, -0.1) is 0 Å². The Balaban J connectivity index is 2.42. The van der Waals surface area contributed by atoms with Gasteiger partial charge >= 0.3 is 5.63 Å². The van der Waals surface area contributed by atoms with Crippen LogP contribution in [-0.2, 0) is 6.42 Å². The number of methoxy groups -OCH3 is 2. The predicted octanol–water partition coefficient (Wildman–Crippen LogP) is 1.24. The van der Waals surface area contributed by atoms with Crippen LogP contribution in [0.15, 0.2) is 27.4 Å². The summed E-state index contributed by atoms with van der Waals surface area (Å²) in [6.45, 7) is 2.95. The zero-order chi connectivity index (χ0) is 18.8. The molecule has 0 amide bonds. The maximum Gasteiger partial charge on any atom is 0.336 e. The molecule has 2 aromatic rings. The van der Waals surface area contributed by atoms with Gasteiger partial charge in [-0.3, -0.25) is 0 Å². The Morgan fingerprint density at radius 3 is 2.44 bits per heavy atom. The van der Waals surface area contributed by atoms with Crippen LogP contribution in [0, 0.1) is 0 Å². The van der Waals surface area contributed by atoms with Crippen molar-refractivity contribution >= 4 is 11.0 Å². The number of aliphatic hydroxyl groups excluding tert-OH is 2. The second kappa shape index (κ2) is 7.43. The Bertz CT molecular complexity index is 788. The van der Waals surface area contributed by atoms with Crippen LogP contribution in [0.3, 0.4) is 0 Å². The second-order valence-corrected chi connectivity index (χ2v) is 6.52. The van der Waals surface area contributed by atoms with Crippen LogP contribution >= 0.6 is 0 Å². The van der Waals surface area contributed by atoms with E-state index in [4.69, 9.17) is 13.9 Å². The van der Waals surface area contributed by atoms with Gasteiger partial charge in [0.1, 0.15) is 17.1 Å². The largest absolute Gasteiger partial charge is 0.496 e. The standard InChI is InChI=1S/C18H24O7/c1-18(2,22)15(20)8-10(19)7-12-13(23-3)9-14-11(17(12)24-4)5-6-16(21)25-14/h5-6,9-10,15,19-20,22H,7-8H2,1-4H3/t10-,15-/m1/s1. The number of fused-ring (bicyclic) bond motifs is 1. The highest BCUT2D eigenvalue weighted by atomic mass is 16.5. The third-order valence-electron chi connectivity index (χ3n) is 4.12. The molecule has 0 spiro atoms. The highest BCUT2D eigenvalue weighted by molar-refractivity contribution is 5.87. The second-order valence-electron chi connectivity index (χ2n) is 6.52.